The third kappa shape index (κ3) is 4.91. The van der Waals surface area contributed by atoms with Crippen molar-refractivity contribution >= 4 is 82.5 Å². The minimum Gasteiger partial charge on any atom is -0.256 e. The molecule has 0 saturated carbocycles. The van der Waals surface area contributed by atoms with Crippen LogP contribution >= 0.6 is 0 Å². The number of allylic oxidation sites excluding steroid dienone is 3. The smallest absolute Gasteiger partial charge is 0.0970 e. The van der Waals surface area contributed by atoms with Gasteiger partial charge in [-0.2, -0.15) is 0 Å². The van der Waals surface area contributed by atoms with E-state index in [0.717, 1.165) is 80.2 Å². The lowest BCUT2D eigenvalue weighted by atomic mass is 9.90. The fraction of sp³-hybridized carbons (Fsp3) is 0.0638. The van der Waals surface area contributed by atoms with Gasteiger partial charge in [0.1, 0.15) is 0 Å². The fourth-order valence-corrected chi connectivity index (χ4v) is 7.87. The molecule has 0 fully saturated rings. The quantitative estimate of drug-likeness (QED) is 0.178. The monoisotopic (exact) mass is 652 g/mol. The Morgan fingerprint density at radius 1 is 0.471 bits per heavy atom. The van der Waals surface area contributed by atoms with Crippen LogP contribution in [-0.2, 0) is 0 Å². The predicted octanol–water partition coefficient (Wildman–Crippen LogP) is 12.1. The highest BCUT2D eigenvalue weighted by atomic mass is 14.7. The molecule has 1 aliphatic rings. The number of benzene rings is 6. The van der Waals surface area contributed by atoms with E-state index in [4.69, 9.17) is 15.0 Å². The topological polar surface area (TPSA) is 51.0 Å². The van der Waals surface area contributed by atoms with Crippen LogP contribution in [0.25, 0.3) is 87.6 Å². The molecule has 3 aromatic heterocycles. The van der Waals surface area contributed by atoms with Gasteiger partial charge >= 0.3 is 0 Å². The maximum Gasteiger partial charge on any atom is 0.0970 e. The Labute approximate surface area is 295 Å². The third-order valence-corrected chi connectivity index (χ3v) is 10.3. The van der Waals surface area contributed by atoms with E-state index in [-0.39, 0.29) is 0 Å². The molecule has 0 amide bonds. The molecule has 4 nitrogen and oxygen atoms in total. The highest BCUT2D eigenvalue weighted by Crippen LogP contribution is 2.42. The first-order chi connectivity index (χ1) is 25.3. The maximum atomic E-state index is 5.34. The Morgan fingerprint density at radius 2 is 1.16 bits per heavy atom. The molecule has 0 bridgehead atoms. The first-order valence-corrected chi connectivity index (χ1v) is 17.6. The first-order valence-electron chi connectivity index (χ1n) is 17.6. The number of aliphatic imine (C=N–C) groups is 1. The van der Waals surface area contributed by atoms with Crippen molar-refractivity contribution in [2.75, 3.05) is 0 Å². The zero-order valence-corrected chi connectivity index (χ0v) is 27.9. The van der Waals surface area contributed by atoms with Crippen molar-refractivity contribution in [2.45, 2.75) is 19.3 Å². The van der Waals surface area contributed by atoms with Crippen LogP contribution in [0.1, 0.15) is 30.4 Å². The number of para-hydroxylation sites is 1. The second-order valence-corrected chi connectivity index (χ2v) is 13.2. The van der Waals surface area contributed by atoms with Crippen molar-refractivity contribution in [1.29, 1.82) is 0 Å². The molecule has 10 rings (SSSR count). The van der Waals surface area contributed by atoms with Crippen LogP contribution in [0.15, 0.2) is 157 Å². The average Bonchev–Trinajstić information content (AvgIpc) is 3.33. The third-order valence-electron chi connectivity index (χ3n) is 10.3. The molecule has 240 valence electrons. The zero-order valence-electron chi connectivity index (χ0n) is 27.9. The average molecular weight is 653 g/mol. The summed E-state index contributed by atoms with van der Waals surface area (Å²) >= 11 is 0. The summed E-state index contributed by atoms with van der Waals surface area (Å²) < 4.78 is 0. The van der Waals surface area contributed by atoms with E-state index >= 15 is 0 Å². The standard InChI is InChI=1S/C47H32N4/c1-2-11-33(34-26-28-49-47-39(34)25-24-31-12-10-27-48-46(31)47)29-50-41(18-3-1)30-20-22-32(23-21-30)45-44-38-16-7-5-14-36(38)35-13-4-6-15-37(35)43(44)40-17-8-9-19-42(40)51-45/h4-29H,1-3H2/b33-11?,41-18+,50-29?. The SMILES string of the molecule is C1=N/C(c2ccc(-c3nc4ccccc4c4c5ccccc5c5ccccc5c34)cc2)=C/CCCC=C1c1ccnc2c1ccc1cccnc12. The summed E-state index contributed by atoms with van der Waals surface area (Å²) in [6.07, 6.45) is 13.3. The summed E-state index contributed by atoms with van der Waals surface area (Å²) in [5.41, 5.74) is 9.23. The largest absolute Gasteiger partial charge is 0.256 e. The Morgan fingerprint density at radius 3 is 1.98 bits per heavy atom. The molecule has 0 atom stereocenters. The summed E-state index contributed by atoms with van der Waals surface area (Å²) in [5, 5.41) is 10.8. The van der Waals surface area contributed by atoms with Gasteiger partial charge in [0.25, 0.3) is 0 Å². The van der Waals surface area contributed by atoms with Gasteiger partial charge in [0.15, 0.2) is 0 Å². The number of rotatable bonds is 3. The first kappa shape index (κ1) is 29.4. The number of hydrogen-bond acceptors (Lipinski definition) is 4. The van der Waals surface area contributed by atoms with Crippen molar-refractivity contribution in [3.05, 3.63) is 163 Å². The zero-order chi connectivity index (χ0) is 33.7. The fourth-order valence-electron chi connectivity index (χ4n) is 7.87. The molecule has 0 radical (unpaired) electrons. The van der Waals surface area contributed by atoms with Crippen molar-refractivity contribution < 1.29 is 0 Å². The Balaban J connectivity index is 1.08. The van der Waals surface area contributed by atoms with Gasteiger partial charge in [0.2, 0.25) is 0 Å². The molecule has 9 aromatic rings. The molecular formula is C47H32N4. The number of pyridine rings is 3. The molecule has 51 heavy (non-hydrogen) atoms. The van der Waals surface area contributed by atoms with Crippen LogP contribution in [0.3, 0.4) is 0 Å². The van der Waals surface area contributed by atoms with E-state index in [9.17, 15) is 0 Å². The van der Waals surface area contributed by atoms with Gasteiger partial charge < -0.3 is 0 Å². The normalized spacial score (nSPS) is 14.8. The summed E-state index contributed by atoms with van der Waals surface area (Å²) in [6, 6.07) is 45.3. The van der Waals surface area contributed by atoms with Crippen LogP contribution in [0.5, 0.6) is 0 Å². The van der Waals surface area contributed by atoms with Gasteiger partial charge in [-0.25, -0.2) is 4.98 Å². The van der Waals surface area contributed by atoms with Crippen LogP contribution < -0.4 is 0 Å². The van der Waals surface area contributed by atoms with Crippen LogP contribution in [0.2, 0.25) is 0 Å². The highest BCUT2D eigenvalue weighted by Gasteiger charge is 2.18. The molecule has 0 spiro atoms. The maximum absolute atomic E-state index is 5.34. The lowest BCUT2D eigenvalue weighted by Gasteiger charge is -2.16. The molecule has 6 aromatic carbocycles. The number of hydrogen-bond donors (Lipinski definition) is 0. The van der Waals surface area contributed by atoms with Gasteiger partial charge in [0, 0.05) is 51.1 Å². The Bertz CT molecular complexity index is 2930. The minimum atomic E-state index is 0.918. The molecule has 0 unspecified atom stereocenters. The second-order valence-electron chi connectivity index (χ2n) is 13.2. The summed E-state index contributed by atoms with van der Waals surface area (Å²) in [7, 11) is 0. The molecule has 0 N–H and O–H groups in total. The molecule has 0 aliphatic carbocycles. The lowest BCUT2D eigenvalue weighted by molar-refractivity contribution is 0.871. The van der Waals surface area contributed by atoms with E-state index in [1.54, 1.807) is 0 Å². The number of fused-ring (bicyclic) bond motifs is 11. The molecular weight excluding hydrogens is 621 g/mol. The number of nitrogens with zero attached hydrogens (tertiary/aromatic N) is 4. The van der Waals surface area contributed by atoms with Gasteiger partial charge in [-0.3, -0.25) is 15.0 Å². The summed E-state index contributed by atoms with van der Waals surface area (Å²) in [6.45, 7) is 0. The van der Waals surface area contributed by atoms with Gasteiger partial charge in [0.05, 0.1) is 27.9 Å². The van der Waals surface area contributed by atoms with Gasteiger partial charge in [-0.1, -0.05) is 121 Å². The van der Waals surface area contributed by atoms with Crippen LogP contribution in [-0.4, -0.2) is 21.2 Å². The second kappa shape index (κ2) is 12.1. The number of aromatic nitrogens is 3. The van der Waals surface area contributed by atoms with Crippen molar-refractivity contribution in [2.24, 2.45) is 4.99 Å². The van der Waals surface area contributed by atoms with Gasteiger partial charge in [-0.15, -0.1) is 0 Å². The van der Waals surface area contributed by atoms with E-state index in [1.807, 2.05) is 24.7 Å². The van der Waals surface area contributed by atoms with E-state index in [1.165, 1.54) is 37.7 Å². The van der Waals surface area contributed by atoms with Crippen molar-refractivity contribution in [3.8, 4) is 11.3 Å². The molecule has 4 heterocycles. The molecule has 4 heteroatoms. The van der Waals surface area contributed by atoms with E-state index in [2.05, 4.69) is 138 Å². The highest BCUT2D eigenvalue weighted by molar-refractivity contribution is 6.33. The minimum absolute atomic E-state index is 0.918. The lowest BCUT2D eigenvalue weighted by Crippen LogP contribution is -1.94. The van der Waals surface area contributed by atoms with Crippen molar-refractivity contribution in [3.63, 3.8) is 0 Å². The summed E-state index contributed by atoms with van der Waals surface area (Å²) in [5.74, 6) is 0. The van der Waals surface area contributed by atoms with Crippen molar-refractivity contribution in [1.82, 2.24) is 15.0 Å². The predicted molar refractivity (Wildman–Crippen MR) is 215 cm³/mol. The van der Waals surface area contributed by atoms with Gasteiger partial charge in [-0.05, 0) is 75.7 Å². The summed E-state index contributed by atoms with van der Waals surface area (Å²) in [4.78, 5) is 19.9. The van der Waals surface area contributed by atoms with Crippen LogP contribution in [0, 0.1) is 0 Å². The Hall–Kier alpha value is -6.52. The van der Waals surface area contributed by atoms with E-state index < -0.39 is 0 Å². The molecule has 0 saturated heterocycles. The van der Waals surface area contributed by atoms with E-state index in [0.29, 0.717) is 0 Å². The molecule has 1 aliphatic heterocycles. The Kier molecular flexibility index (Phi) is 6.98. The van der Waals surface area contributed by atoms with Crippen LogP contribution in [0.4, 0.5) is 0 Å².